The van der Waals surface area contributed by atoms with E-state index in [1.165, 1.54) is 23.0 Å². The van der Waals surface area contributed by atoms with E-state index >= 15 is 0 Å². The minimum Gasteiger partial charge on any atom is -0.482 e. The van der Waals surface area contributed by atoms with E-state index in [0.717, 1.165) is 66.4 Å². The summed E-state index contributed by atoms with van der Waals surface area (Å²) in [6, 6.07) is 12.9. The molecule has 7 rings (SSSR count). The Labute approximate surface area is 246 Å². The lowest BCUT2D eigenvalue weighted by molar-refractivity contribution is -0.0592. The zero-order valence-electron chi connectivity index (χ0n) is 22.7. The van der Waals surface area contributed by atoms with Crippen molar-refractivity contribution in [1.29, 1.82) is 0 Å². The van der Waals surface area contributed by atoms with Crippen LogP contribution in [0.5, 0.6) is 5.75 Å². The van der Waals surface area contributed by atoms with Crippen molar-refractivity contribution in [2.45, 2.75) is 63.3 Å². The molecule has 0 bridgehead atoms. The molecule has 3 aliphatic rings. The lowest BCUT2D eigenvalue weighted by Gasteiger charge is -2.33. The fourth-order valence-corrected chi connectivity index (χ4v) is 7.56. The highest BCUT2D eigenvalue weighted by Gasteiger charge is 2.41. The van der Waals surface area contributed by atoms with Gasteiger partial charge in [0, 0.05) is 23.6 Å². The number of thiophene rings is 1. The molecule has 2 saturated heterocycles. The summed E-state index contributed by atoms with van der Waals surface area (Å²) >= 11 is 7.23. The number of ether oxygens (including phenoxy) is 2. The molecule has 1 N–H and O–H groups in total. The first kappa shape index (κ1) is 26.9. The van der Waals surface area contributed by atoms with Gasteiger partial charge in [0.05, 0.1) is 24.7 Å². The summed E-state index contributed by atoms with van der Waals surface area (Å²) < 4.78 is 29.3. The Bertz CT molecular complexity index is 1640. The number of carbonyl (C=O) groups is 1. The van der Waals surface area contributed by atoms with Crippen molar-refractivity contribution in [2.75, 3.05) is 19.7 Å². The predicted molar refractivity (Wildman–Crippen MR) is 156 cm³/mol. The molecular formula is C31H31ClFN3O4S. The van der Waals surface area contributed by atoms with E-state index in [1.54, 1.807) is 18.2 Å². The van der Waals surface area contributed by atoms with E-state index in [1.807, 2.05) is 6.92 Å². The van der Waals surface area contributed by atoms with E-state index in [2.05, 4.69) is 27.7 Å². The Balaban J connectivity index is 1.07. The van der Waals surface area contributed by atoms with Gasteiger partial charge in [-0.15, -0.1) is 11.3 Å². The number of hydrogen-bond donors (Lipinski definition) is 1. The average Bonchev–Trinajstić information content (AvgIpc) is 3.57. The maximum absolute atomic E-state index is 14.9. The third-order valence-corrected chi connectivity index (χ3v) is 10.0. The van der Waals surface area contributed by atoms with E-state index < -0.39 is 11.6 Å². The summed E-state index contributed by atoms with van der Waals surface area (Å²) in [5.41, 5.74) is 2.94. The lowest BCUT2D eigenvalue weighted by Crippen LogP contribution is -2.35. The smallest absolute Gasteiger partial charge is 0.346 e. The number of nitrogens with zero attached hydrogens (tertiary/aromatic N) is 3. The van der Waals surface area contributed by atoms with Crippen LogP contribution in [-0.2, 0) is 29.8 Å². The number of fused-ring (bicyclic) bond motifs is 2. The number of piperidine rings is 1. The predicted octanol–water partition coefficient (Wildman–Crippen LogP) is 6.61. The molecular weight excluding hydrogens is 565 g/mol. The highest BCUT2D eigenvalue weighted by atomic mass is 35.5. The molecule has 0 amide bonds. The van der Waals surface area contributed by atoms with Crippen LogP contribution in [0.2, 0.25) is 5.02 Å². The summed E-state index contributed by atoms with van der Waals surface area (Å²) in [6.07, 6.45) is 3.73. The Morgan fingerprint density at radius 3 is 2.73 bits per heavy atom. The van der Waals surface area contributed by atoms with Crippen molar-refractivity contribution in [3.8, 4) is 5.75 Å². The third-order valence-electron chi connectivity index (χ3n) is 8.79. The Hall–Kier alpha value is -2.98. The van der Waals surface area contributed by atoms with Gasteiger partial charge in [-0.2, -0.15) is 0 Å². The number of carboxylic acid groups (broad SMARTS) is 1. The summed E-state index contributed by atoms with van der Waals surface area (Å²) in [7, 11) is 0. The molecule has 5 heterocycles. The summed E-state index contributed by atoms with van der Waals surface area (Å²) in [4.78, 5) is 19.9. The second-order valence-electron chi connectivity index (χ2n) is 11.5. The molecule has 0 spiro atoms. The van der Waals surface area contributed by atoms with E-state index in [0.29, 0.717) is 40.9 Å². The van der Waals surface area contributed by atoms with Crippen molar-refractivity contribution in [3.63, 3.8) is 0 Å². The fourth-order valence-electron chi connectivity index (χ4n) is 6.51. The van der Waals surface area contributed by atoms with Crippen molar-refractivity contribution in [1.82, 2.24) is 14.5 Å². The monoisotopic (exact) mass is 595 g/mol. The molecule has 0 saturated carbocycles. The van der Waals surface area contributed by atoms with Crippen molar-refractivity contribution >= 4 is 39.3 Å². The number of benzene rings is 2. The van der Waals surface area contributed by atoms with E-state index in [9.17, 15) is 14.3 Å². The molecule has 4 aromatic rings. The summed E-state index contributed by atoms with van der Waals surface area (Å²) in [5.74, 6) is 0.945. The molecule has 3 aliphatic heterocycles. The van der Waals surface area contributed by atoms with Crippen LogP contribution in [0.3, 0.4) is 0 Å². The number of halogens is 2. The van der Waals surface area contributed by atoms with Gasteiger partial charge in [-0.3, -0.25) is 4.90 Å². The molecule has 10 heteroatoms. The molecule has 0 aliphatic carbocycles. The lowest BCUT2D eigenvalue weighted by atomic mass is 9.86. The molecule has 2 aromatic carbocycles. The van der Waals surface area contributed by atoms with Crippen LogP contribution in [0.25, 0.3) is 10.3 Å². The van der Waals surface area contributed by atoms with Crippen molar-refractivity contribution in [2.24, 2.45) is 0 Å². The van der Waals surface area contributed by atoms with Crippen LogP contribution >= 0.6 is 22.9 Å². The second kappa shape index (κ2) is 10.4. The van der Waals surface area contributed by atoms with Gasteiger partial charge in [0.2, 0.25) is 0 Å². The molecule has 7 nitrogen and oxygen atoms in total. The fraction of sp³-hybridized carbons (Fsp3) is 0.419. The molecule has 2 atom stereocenters. The Morgan fingerprint density at radius 2 is 2.02 bits per heavy atom. The van der Waals surface area contributed by atoms with E-state index in [4.69, 9.17) is 26.1 Å². The van der Waals surface area contributed by atoms with Gasteiger partial charge in [-0.25, -0.2) is 14.2 Å². The Kier molecular flexibility index (Phi) is 6.81. The maximum atomic E-state index is 14.9. The van der Waals surface area contributed by atoms with Crippen LogP contribution in [0.1, 0.15) is 64.3 Å². The average molecular weight is 596 g/mol. The minimum atomic E-state index is -0.918. The van der Waals surface area contributed by atoms with Crippen LogP contribution in [0.4, 0.5) is 4.39 Å². The largest absolute Gasteiger partial charge is 0.482 e. The number of para-hydroxylation sites is 1. The number of aromatic carboxylic acids is 1. The maximum Gasteiger partial charge on any atom is 0.346 e. The van der Waals surface area contributed by atoms with Gasteiger partial charge < -0.3 is 19.1 Å². The number of imidazole rings is 1. The van der Waals surface area contributed by atoms with Crippen LogP contribution in [-0.4, -0.2) is 51.3 Å². The summed E-state index contributed by atoms with van der Waals surface area (Å²) in [5, 5.41) is 9.84. The molecule has 41 heavy (non-hydrogen) atoms. The van der Waals surface area contributed by atoms with Gasteiger partial charge in [0.1, 0.15) is 32.7 Å². The first-order chi connectivity index (χ1) is 19.8. The summed E-state index contributed by atoms with van der Waals surface area (Å²) in [6.45, 7) is 5.96. The number of likely N-dealkylation sites (tertiary alicyclic amines) is 1. The zero-order chi connectivity index (χ0) is 28.3. The van der Waals surface area contributed by atoms with Gasteiger partial charge >= 0.3 is 5.97 Å². The number of hydrogen-bond acceptors (Lipinski definition) is 6. The van der Waals surface area contributed by atoms with Gasteiger partial charge in [0.15, 0.2) is 0 Å². The molecule has 214 valence electrons. The van der Waals surface area contributed by atoms with E-state index in [-0.39, 0.29) is 11.9 Å². The standard InChI is InChI=1S/C31H31ClFN3O4S/c1-31(23-6-5-20(32)13-24(23)33)15-19-3-2-4-22(28(19)40-31)18-7-10-35(11-8-18)17-27-34-29-25(14-26(41-29)30(37)38)36(27)16-21-9-12-39-21/h2-6,13-14,18,21H,7-12,15-17H2,1H3,(H,37,38)/t21-,31-/m0/s1. The zero-order valence-corrected chi connectivity index (χ0v) is 24.3. The number of aromatic nitrogens is 2. The van der Waals surface area contributed by atoms with Crippen LogP contribution in [0, 0.1) is 5.82 Å². The number of carboxylic acids is 1. The van der Waals surface area contributed by atoms with Gasteiger partial charge in [-0.05, 0) is 74.5 Å². The quantitative estimate of drug-likeness (QED) is 0.259. The third kappa shape index (κ3) is 4.92. The first-order valence-electron chi connectivity index (χ1n) is 14.1. The molecule has 0 radical (unpaired) electrons. The van der Waals surface area contributed by atoms with Crippen molar-refractivity contribution < 1.29 is 23.8 Å². The highest BCUT2D eigenvalue weighted by molar-refractivity contribution is 7.20. The second-order valence-corrected chi connectivity index (χ2v) is 13.0. The highest BCUT2D eigenvalue weighted by Crippen LogP contribution is 2.47. The van der Waals surface area contributed by atoms with Crippen LogP contribution in [0.15, 0.2) is 42.5 Å². The Morgan fingerprint density at radius 1 is 1.22 bits per heavy atom. The minimum absolute atomic E-state index is 0.150. The molecule has 2 aromatic heterocycles. The SMILES string of the molecule is C[C@@]1(c2ccc(Cl)cc2F)Cc2cccc(C3CCN(Cc4nc5sc(C(=O)O)cc5n4C[C@@H]4CCO4)CC3)c2O1. The molecule has 0 unspecified atom stereocenters. The van der Waals surface area contributed by atoms with Gasteiger partial charge in [-0.1, -0.05) is 35.9 Å². The number of rotatable bonds is 7. The first-order valence-corrected chi connectivity index (χ1v) is 15.3. The van der Waals surface area contributed by atoms with Crippen LogP contribution < -0.4 is 4.74 Å². The topological polar surface area (TPSA) is 76.8 Å². The van der Waals surface area contributed by atoms with Gasteiger partial charge in [0.25, 0.3) is 0 Å². The normalized spacial score (nSPS) is 23.0. The van der Waals surface area contributed by atoms with Crippen molar-refractivity contribution in [3.05, 3.63) is 80.7 Å². The molecule has 2 fully saturated rings.